The van der Waals surface area contributed by atoms with Crippen LogP contribution in [-0.2, 0) is 6.42 Å². The van der Waals surface area contributed by atoms with Crippen LogP contribution in [0.4, 0.5) is 0 Å². The van der Waals surface area contributed by atoms with Crippen molar-refractivity contribution in [2.24, 2.45) is 5.73 Å². The van der Waals surface area contributed by atoms with E-state index in [1.54, 1.807) is 0 Å². The normalized spacial score (nSPS) is 12.2. The van der Waals surface area contributed by atoms with Gasteiger partial charge < -0.3 is 10.5 Å². The van der Waals surface area contributed by atoms with Crippen molar-refractivity contribution in [3.05, 3.63) is 64.1 Å². The summed E-state index contributed by atoms with van der Waals surface area (Å²) in [5, 5.41) is 0. The average Bonchev–Trinajstić information content (AvgIpc) is 2.44. The smallest absolute Gasteiger partial charge is 0.119 e. The molecule has 2 aromatic rings. The Kier molecular flexibility index (Phi) is 5.62. The van der Waals surface area contributed by atoms with Gasteiger partial charge in [0.15, 0.2) is 0 Å². The van der Waals surface area contributed by atoms with Crippen molar-refractivity contribution in [1.82, 2.24) is 0 Å². The van der Waals surface area contributed by atoms with Gasteiger partial charge in [0.1, 0.15) is 5.75 Å². The van der Waals surface area contributed by atoms with E-state index in [1.165, 1.54) is 11.1 Å². The highest BCUT2D eigenvalue weighted by molar-refractivity contribution is 9.10. The molecule has 2 rings (SSSR count). The molecule has 2 aromatic carbocycles. The van der Waals surface area contributed by atoms with E-state index in [0.29, 0.717) is 6.61 Å². The van der Waals surface area contributed by atoms with Crippen LogP contribution < -0.4 is 10.5 Å². The van der Waals surface area contributed by atoms with Crippen LogP contribution >= 0.6 is 15.9 Å². The molecule has 0 saturated heterocycles. The zero-order valence-corrected chi connectivity index (χ0v) is 13.3. The van der Waals surface area contributed by atoms with Crippen molar-refractivity contribution in [1.29, 1.82) is 0 Å². The minimum Gasteiger partial charge on any atom is -0.494 e. The quantitative estimate of drug-likeness (QED) is 0.863. The molecule has 0 aliphatic heterocycles. The molecule has 1 unspecified atom stereocenters. The van der Waals surface area contributed by atoms with E-state index in [1.807, 2.05) is 24.3 Å². The van der Waals surface area contributed by atoms with Crippen LogP contribution in [0.1, 0.15) is 17.5 Å². The number of nitrogens with two attached hydrogens (primary N) is 1. The summed E-state index contributed by atoms with van der Waals surface area (Å²) in [5.74, 6) is 0.885. The number of benzene rings is 2. The fourth-order valence-electron chi connectivity index (χ4n) is 2.08. The Morgan fingerprint density at radius 1 is 1.10 bits per heavy atom. The second kappa shape index (κ2) is 7.46. The molecule has 2 N–H and O–H groups in total. The lowest BCUT2D eigenvalue weighted by atomic mass is 10.0. The monoisotopic (exact) mass is 333 g/mol. The van der Waals surface area contributed by atoms with E-state index in [4.69, 9.17) is 10.5 Å². The van der Waals surface area contributed by atoms with Gasteiger partial charge in [-0.05, 0) is 55.2 Å². The molecule has 3 heteroatoms. The molecule has 0 fully saturated rings. The summed E-state index contributed by atoms with van der Waals surface area (Å²) in [6.45, 7) is 2.77. The van der Waals surface area contributed by atoms with E-state index in [-0.39, 0.29) is 6.04 Å². The predicted octanol–water partition coefficient (Wildman–Crippen LogP) is 4.10. The molecule has 0 radical (unpaired) electrons. The van der Waals surface area contributed by atoms with Crippen LogP contribution in [0.5, 0.6) is 5.75 Å². The van der Waals surface area contributed by atoms with Crippen molar-refractivity contribution in [2.45, 2.75) is 25.8 Å². The average molecular weight is 334 g/mol. The van der Waals surface area contributed by atoms with Crippen molar-refractivity contribution >= 4 is 15.9 Å². The lowest BCUT2D eigenvalue weighted by molar-refractivity contribution is 0.297. The van der Waals surface area contributed by atoms with Gasteiger partial charge in [0.2, 0.25) is 0 Å². The lowest BCUT2D eigenvalue weighted by Crippen LogP contribution is -2.25. The summed E-state index contributed by atoms with van der Waals surface area (Å²) >= 11 is 3.41. The molecule has 2 nitrogen and oxygen atoms in total. The molecule has 0 bridgehead atoms. The van der Waals surface area contributed by atoms with E-state index in [0.717, 1.165) is 23.1 Å². The first-order valence-corrected chi connectivity index (χ1v) is 7.63. The molecule has 0 amide bonds. The number of halogens is 1. The second-order valence-electron chi connectivity index (χ2n) is 4.98. The van der Waals surface area contributed by atoms with Crippen molar-refractivity contribution < 1.29 is 4.74 Å². The third-order valence-corrected chi connectivity index (χ3v) is 3.84. The van der Waals surface area contributed by atoms with E-state index in [2.05, 4.69) is 47.1 Å². The Morgan fingerprint density at radius 3 is 2.50 bits per heavy atom. The number of hydrogen-bond acceptors (Lipinski definition) is 2. The lowest BCUT2D eigenvalue weighted by Gasteiger charge is -2.14. The first-order valence-electron chi connectivity index (χ1n) is 6.83. The summed E-state index contributed by atoms with van der Waals surface area (Å²) in [7, 11) is 0. The van der Waals surface area contributed by atoms with E-state index < -0.39 is 0 Å². The summed E-state index contributed by atoms with van der Waals surface area (Å²) in [6, 6.07) is 16.4. The zero-order chi connectivity index (χ0) is 14.4. The largest absolute Gasteiger partial charge is 0.494 e. The molecule has 0 aliphatic carbocycles. The molecular formula is C17H20BrNO. The van der Waals surface area contributed by atoms with Gasteiger partial charge in [-0.25, -0.2) is 0 Å². The SMILES string of the molecule is Cc1ccccc1CC(N)CCOc1ccc(Br)cc1. The molecule has 20 heavy (non-hydrogen) atoms. The van der Waals surface area contributed by atoms with Gasteiger partial charge in [0.25, 0.3) is 0 Å². The Bertz CT molecular complexity index is 539. The number of hydrogen-bond donors (Lipinski definition) is 1. The zero-order valence-electron chi connectivity index (χ0n) is 11.7. The van der Waals surface area contributed by atoms with Crippen LogP contribution in [0, 0.1) is 6.92 Å². The molecule has 106 valence electrons. The van der Waals surface area contributed by atoms with Crippen molar-refractivity contribution in [2.75, 3.05) is 6.61 Å². The van der Waals surface area contributed by atoms with Crippen molar-refractivity contribution in [3.63, 3.8) is 0 Å². The third kappa shape index (κ3) is 4.66. The van der Waals surface area contributed by atoms with Crippen LogP contribution in [0.15, 0.2) is 53.0 Å². The maximum Gasteiger partial charge on any atom is 0.119 e. The number of ether oxygens (including phenoxy) is 1. The van der Waals surface area contributed by atoms with Gasteiger partial charge in [0.05, 0.1) is 6.61 Å². The van der Waals surface area contributed by atoms with Gasteiger partial charge in [-0.3, -0.25) is 0 Å². The minimum absolute atomic E-state index is 0.131. The van der Waals surface area contributed by atoms with E-state index >= 15 is 0 Å². The molecule has 0 saturated carbocycles. The highest BCUT2D eigenvalue weighted by Gasteiger charge is 2.06. The fourth-order valence-corrected chi connectivity index (χ4v) is 2.35. The Morgan fingerprint density at radius 2 is 1.80 bits per heavy atom. The van der Waals surface area contributed by atoms with Gasteiger partial charge in [-0.1, -0.05) is 40.2 Å². The Hall–Kier alpha value is -1.32. The van der Waals surface area contributed by atoms with Crippen LogP contribution in [0.2, 0.25) is 0 Å². The summed E-state index contributed by atoms with van der Waals surface area (Å²) in [6.07, 6.45) is 1.75. The van der Waals surface area contributed by atoms with Crippen LogP contribution in [0.25, 0.3) is 0 Å². The van der Waals surface area contributed by atoms with E-state index in [9.17, 15) is 0 Å². The number of aryl methyl sites for hydroxylation is 1. The van der Waals surface area contributed by atoms with Crippen LogP contribution in [0.3, 0.4) is 0 Å². The molecule has 0 aliphatic rings. The standard InChI is InChI=1S/C17H20BrNO/c1-13-4-2-3-5-14(13)12-16(19)10-11-20-17-8-6-15(18)7-9-17/h2-9,16H,10-12,19H2,1H3. The maximum atomic E-state index is 6.18. The molecule has 0 spiro atoms. The van der Waals surface area contributed by atoms with Gasteiger partial charge in [-0.15, -0.1) is 0 Å². The fraction of sp³-hybridized carbons (Fsp3) is 0.294. The highest BCUT2D eigenvalue weighted by atomic mass is 79.9. The van der Waals surface area contributed by atoms with Gasteiger partial charge >= 0.3 is 0 Å². The van der Waals surface area contributed by atoms with Crippen LogP contribution in [-0.4, -0.2) is 12.6 Å². The van der Waals surface area contributed by atoms with Gasteiger partial charge in [-0.2, -0.15) is 0 Å². The van der Waals surface area contributed by atoms with Crippen molar-refractivity contribution in [3.8, 4) is 5.75 Å². The Labute approximate surface area is 129 Å². The summed E-state index contributed by atoms with van der Waals surface area (Å²) in [5.41, 5.74) is 8.80. The first-order chi connectivity index (χ1) is 9.65. The maximum absolute atomic E-state index is 6.18. The molecule has 0 aromatic heterocycles. The predicted molar refractivity (Wildman–Crippen MR) is 87.1 cm³/mol. The number of rotatable bonds is 6. The Balaban J connectivity index is 1.76. The minimum atomic E-state index is 0.131. The first kappa shape index (κ1) is 15.1. The highest BCUT2D eigenvalue weighted by Crippen LogP contribution is 2.16. The molecule has 0 heterocycles. The third-order valence-electron chi connectivity index (χ3n) is 3.31. The van der Waals surface area contributed by atoms with Gasteiger partial charge in [0, 0.05) is 10.5 Å². The summed E-state index contributed by atoms with van der Waals surface area (Å²) in [4.78, 5) is 0. The molecular weight excluding hydrogens is 314 g/mol. The second-order valence-corrected chi connectivity index (χ2v) is 5.90. The topological polar surface area (TPSA) is 35.2 Å². The summed E-state index contributed by atoms with van der Waals surface area (Å²) < 4.78 is 6.76. The molecule has 1 atom stereocenters.